The molecule has 1 rings (SSSR count). The molecule has 0 spiro atoms. The summed E-state index contributed by atoms with van der Waals surface area (Å²) in [5.41, 5.74) is 5.15. The zero-order valence-electron chi connectivity index (χ0n) is 8.01. The van der Waals surface area contributed by atoms with Crippen molar-refractivity contribution in [3.8, 4) is 0 Å². The van der Waals surface area contributed by atoms with Crippen molar-refractivity contribution in [1.29, 1.82) is 0 Å². The molecular formula is C7H6F3N3O4. The number of halogens is 3. The van der Waals surface area contributed by atoms with Crippen molar-refractivity contribution < 1.29 is 28.0 Å². The Bertz CT molecular complexity index is 404. The number of alkyl halides is 3. The Hall–Kier alpha value is -2.39. The summed E-state index contributed by atoms with van der Waals surface area (Å²) in [6, 6.07) is 2.69. The first-order valence-corrected chi connectivity index (χ1v) is 3.80. The van der Waals surface area contributed by atoms with Crippen molar-refractivity contribution in [2.45, 2.75) is 6.18 Å². The Labute approximate surface area is 91.8 Å². The second kappa shape index (κ2) is 5.63. The summed E-state index contributed by atoms with van der Waals surface area (Å²) in [5, 5.41) is 17.2. The lowest BCUT2D eigenvalue weighted by Gasteiger charge is -1.93. The number of aliphatic carboxylic acids is 1. The fraction of sp³-hybridized carbons (Fsp3) is 0.143. The summed E-state index contributed by atoms with van der Waals surface area (Å²) in [6.07, 6.45) is -3.96. The van der Waals surface area contributed by atoms with E-state index < -0.39 is 17.1 Å². The number of anilines is 1. The highest BCUT2D eigenvalue weighted by molar-refractivity contribution is 5.73. The molecule has 3 N–H and O–H groups in total. The van der Waals surface area contributed by atoms with Crippen LogP contribution in [0.1, 0.15) is 0 Å². The largest absolute Gasteiger partial charge is 0.490 e. The standard InChI is InChI=1S/C5H5N3O2.C2HF3O2/c6-5-2-1-4(3-7-5)8(9)10;3-2(4,5)1(6)7/h1-3H,(H2,6,7);(H,6,7). The maximum atomic E-state index is 10.6. The molecule has 1 heterocycles. The predicted octanol–water partition coefficient (Wildman–Crippen LogP) is 1.21. The molecule has 0 aliphatic heterocycles. The minimum absolute atomic E-state index is 0.0470. The van der Waals surface area contributed by atoms with Gasteiger partial charge in [0.25, 0.3) is 5.69 Å². The maximum absolute atomic E-state index is 10.6. The van der Waals surface area contributed by atoms with Gasteiger partial charge in [0, 0.05) is 6.07 Å². The van der Waals surface area contributed by atoms with E-state index in [1.165, 1.54) is 12.1 Å². The molecule has 1 aromatic heterocycles. The van der Waals surface area contributed by atoms with Gasteiger partial charge in [0.2, 0.25) is 0 Å². The van der Waals surface area contributed by atoms with E-state index >= 15 is 0 Å². The lowest BCUT2D eigenvalue weighted by atomic mass is 10.4. The van der Waals surface area contributed by atoms with Crippen molar-refractivity contribution >= 4 is 17.5 Å². The monoisotopic (exact) mass is 253 g/mol. The number of carboxylic acids is 1. The molecule has 0 saturated heterocycles. The molecule has 1 aromatic rings. The molecule has 0 unspecified atom stereocenters. The number of hydrogen-bond acceptors (Lipinski definition) is 5. The number of carboxylic acid groups (broad SMARTS) is 1. The van der Waals surface area contributed by atoms with Crippen molar-refractivity contribution in [1.82, 2.24) is 4.98 Å². The quantitative estimate of drug-likeness (QED) is 0.573. The molecule has 0 aromatic carbocycles. The number of nitrogen functional groups attached to an aromatic ring is 1. The van der Waals surface area contributed by atoms with E-state index in [2.05, 4.69) is 4.98 Å². The van der Waals surface area contributed by atoms with E-state index in [4.69, 9.17) is 15.6 Å². The summed E-state index contributed by atoms with van der Waals surface area (Å²) in [6.45, 7) is 0. The van der Waals surface area contributed by atoms with Crippen LogP contribution in [0, 0.1) is 10.1 Å². The van der Waals surface area contributed by atoms with Crippen LogP contribution in [0.25, 0.3) is 0 Å². The Morgan fingerprint density at radius 3 is 2.18 bits per heavy atom. The van der Waals surface area contributed by atoms with Crippen molar-refractivity contribution in [2.75, 3.05) is 5.73 Å². The number of nitrogens with two attached hydrogens (primary N) is 1. The third-order valence-corrected chi connectivity index (χ3v) is 1.22. The average molecular weight is 253 g/mol. The average Bonchev–Trinajstić information content (AvgIpc) is 2.17. The first-order chi connectivity index (χ1) is 7.64. The zero-order chi connectivity index (χ0) is 13.6. The van der Waals surface area contributed by atoms with Gasteiger partial charge in [0.1, 0.15) is 12.0 Å². The van der Waals surface area contributed by atoms with Crippen LogP contribution in [0.4, 0.5) is 24.7 Å². The van der Waals surface area contributed by atoms with Gasteiger partial charge in [-0.3, -0.25) is 10.1 Å². The van der Waals surface area contributed by atoms with Gasteiger partial charge >= 0.3 is 12.1 Å². The highest BCUT2D eigenvalue weighted by Crippen LogP contribution is 2.13. The molecule has 10 heteroatoms. The van der Waals surface area contributed by atoms with E-state index in [1.54, 1.807) is 0 Å². The number of carbonyl (C=O) groups is 1. The first-order valence-electron chi connectivity index (χ1n) is 3.80. The molecule has 7 nitrogen and oxygen atoms in total. The van der Waals surface area contributed by atoms with Gasteiger partial charge in [-0.25, -0.2) is 9.78 Å². The second-order valence-corrected chi connectivity index (χ2v) is 2.50. The Balaban J connectivity index is 0.000000325. The van der Waals surface area contributed by atoms with Crippen molar-refractivity contribution in [3.05, 3.63) is 28.4 Å². The molecule has 0 bridgehead atoms. The van der Waals surface area contributed by atoms with Crippen LogP contribution in [0.2, 0.25) is 0 Å². The molecule has 0 amide bonds. The van der Waals surface area contributed by atoms with Gasteiger partial charge in [-0.2, -0.15) is 13.2 Å². The highest BCUT2D eigenvalue weighted by Gasteiger charge is 2.38. The van der Waals surface area contributed by atoms with Crippen LogP contribution >= 0.6 is 0 Å². The molecule has 0 atom stereocenters. The minimum Gasteiger partial charge on any atom is -0.475 e. The van der Waals surface area contributed by atoms with E-state index in [0.717, 1.165) is 6.20 Å². The predicted molar refractivity (Wildman–Crippen MR) is 49.0 cm³/mol. The van der Waals surface area contributed by atoms with Crippen LogP contribution in [0.3, 0.4) is 0 Å². The molecule has 0 saturated carbocycles. The molecule has 0 aliphatic carbocycles. The molecule has 0 fully saturated rings. The highest BCUT2D eigenvalue weighted by atomic mass is 19.4. The molecule has 0 aliphatic rings. The fourth-order valence-electron chi connectivity index (χ4n) is 0.505. The molecule has 17 heavy (non-hydrogen) atoms. The first kappa shape index (κ1) is 14.6. The molecular weight excluding hydrogens is 247 g/mol. The summed E-state index contributed by atoms with van der Waals surface area (Å²) in [7, 11) is 0. The third kappa shape index (κ3) is 5.92. The normalized spacial score (nSPS) is 10.1. The maximum Gasteiger partial charge on any atom is 0.490 e. The van der Waals surface area contributed by atoms with Crippen molar-refractivity contribution in [3.63, 3.8) is 0 Å². The smallest absolute Gasteiger partial charge is 0.475 e. The zero-order valence-corrected chi connectivity index (χ0v) is 8.01. The Morgan fingerprint density at radius 2 is 1.94 bits per heavy atom. The number of nitrogens with zero attached hydrogens (tertiary/aromatic N) is 2. The second-order valence-electron chi connectivity index (χ2n) is 2.50. The van der Waals surface area contributed by atoms with E-state index in [1.807, 2.05) is 0 Å². The van der Waals surface area contributed by atoms with Gasteiger partial charge in [-0.1, -0.05) is 0 Å². The number of pyridine rings is 1. The SMILES string of the molecule is Nc1ccc([N+](=O)[O-])cn1.O=C(O)C(F)(F)F. The van der Waals surface area contributed by atoms with Gasteiger partial charge in [0.05, 0.1) is 4.92 Å². The summed E-state index contributed by atoms with van der Waals surface area (Å²) in [5.74, 6) is -2.47. The topological polar surface area (TPSA) is 119 Å². The minimum atomic E-state index is -5.08. The summed E-state index contributed by atoms with van der Waals surface area (Å²) >= 11 is 0. The number of rotatable bonds is 1. The fourth-order valence-corrected chi connectivity index (χ4v) is 0.505. The lowest BCUT2D eigenvalue weighted by molar-refractivity contribution is -0.385. The summed E-state index contributed by atoms with van der Waals surface area (Å²) < 4.78 is 31.7. The van der Waals surface area contributed by atoms with Crippen molar-refractivity contribution in [2.24, 2.45) is 0 Å². The lowest BCUT2D eigenvalue weighted by Crippen LogP contribution is -2.21. The third-order valence-electron chi connectivity index (χ3n) is 1.22. The van der Waals surface area contributed by atoms with Gasteiger partial charge in [-0.05, 0) is 6.07 Å². The number of hydrogen-bond donors (Lipinski definition) is 2. The van der Waals surface area contributed by atoms with E-state index in [9.17, 15) is 23.3 Å². The molecule has 94 valence electrons. The van der Waals surface area contributed by atoms with Crippen LogP contribution < -0.4 is 5.73 Å². The van der Waals surface area contributed by atoms with Gasteiger partial charge in [0.15, 0.2) is 0 Å². The van der Waals surface area contributed by atoms with Crippen LogP contribution in [0.15, 0.2) is 18.3 Å². The Morgan fingerprint density at radius 1 is 1.47 bits per heavy atom. The van der Waals surface area contributed by atoms with Crippen LogP contribution in [-0.4, -0.2) is 27.2 Å². The van der Waals surface area contributed by atoms with Crippen LogP contribution in [0.5, 0.6) is 0 Å². The van der Waals surface area contributed by atoms with Crippen LogP contribution in [-0.2, 0) is 4.79 Å². The number of nitro groups is 1. The van der Waals surface area contributed by atoms with E-state index in [-0.39, 0.29) is 11.5 Å². The molecule has 0 radical (unpaired) electrons. The number of aromatic nitrogens is 1. The van der Waals surface area contributed by atoms with Gasteiger partial charge in [-0.15, -0.1) is 0 Å². The Kier molecular flexibility index (Phi) is 4.84. The summed E-state index contributed by atoms with van der Waals surface area (Å²) in [4.78, 5) is 21.9. The van der Waals surface area contributed by atoms with Gasteiger partial charge < -0.3 is 10.8 Å². The van der Waals surface area contributed by atoms with E-state index in [0.29, 0.717) is 0 Å².